The van der Waals surface area contributed by atoms with Gasteiger partial charge in [-0.25, -0.2) is 4.79 Å². The van der Waals surface area contributed by atoms with E-state index >= 15 is 0 Å². The van der Waals surface area contributed by atoms with Gasteiger partial charge >= 0.3 is 5.97 Å². The van der Waals surface area contributed by atoms with E-state index in [0.717, 1.165) is 38.5 Å². The van der Waals surface area contributed by atoms with Crippen LogP contribution in [-0.2, 0) is 23.9 Å². The Hall–Kier alpha value is -1.56. The van der Waals surface area contributed by atoms with E-state index in [4.69, 9.17) is 4.74 Å². The van der Waals surface area contributed by atoms with Crippen LogP contribution in [0.2, 0.25) is 0 Å². The smallest absolute Gasteiger partial charge is 0.375 e. The maximum absolute atomic E-state index is 13.6. The van der Waals surface area contributed by atoms with Crippen molar-refractivity contribution in [2.24, 2.45) is 40.4 Å². The summed E-state index contributed by atoms with van der Waals surface area (Å²) in [5, 5.41) is 10.2. The highest BCUT2D eigenvalue weighted by atomic mass is 16.5. The molecule has 0 aromatic carbocycles. The van der Waals surface area contributed by atoms with Gasteiger partial charge in [-0.15, -0.1) is 0 Å². The van der Waals surface area contributed by atoms with Crippen LogP contribution in [0.25, 0.3) is 0 Å². The van der Waals surface area contributed by atoms with E-state index in [-0.39, 0.29) is 47.4 Å². The van der Waals surface area contributed by atoms with E-state index in [1.165, 1.54) is 0 Å². The van der Waals surface area contributed by atoms with Gasteiger partial charge in [0.1, 0.15) is 11.6 Å². The number of esters is 1. The quantitative estimate of drug-likeness (QED) is 0.407. The minimum absolute atomic E-state index is 0.0202. The van der Waals surface area contributed by atoms with Crippen LogP contribution in [0, 0.1) is 40.4 Å². The van der Waals surface area contributed by atoms with Gasteiger partial charge in [0.2, 0.25) is 5.78 Å². The first-order valence-corrected chi connectivity index (χ1v) is 12.0. The van der Waals surface area contributed by atoms with Crippen molar-refractivity contribution in [1.29, 1.82) is 0 Å². The first-order chi connectivity index (χ1) is 14.6. The van der Waals surface area contributed by atoms with Gasteiger partial charge < -0.3 is 9.84 Å². The summed E-state index contributed by atoms with van der Waals surface area (Å²) in [7, 11) is 0. The molecule has 4 fully saturated rings. The lowest BCUT2D eigenvalue weighted by atomic mass is 9.44. The van der Waals surface area contributed by atoms with Gasteiger partial charge in [0.15, 0.2) is 0 Å². The van der Waals surface area contributed by atoms with Crippen LogP contribution in [0.5, 0.6) is 0 Å². The molecule has 6 nitrogen and oxygen atoms in total. The van der Waals surface area contributed by atoms with Crippen molar-refractivity contribution >= 4 is 23.3 Å². The highest BCUT2D eigenvalue weighted by Crippen LogP contribution is 2.66. The van der Waals surface area contributed by atoms with Crippen LogP contribution in [0.4, 0.5) is 0 Å². The fraction of sp³-hybridized carbons (Fsp3) is 0.840. The molecule has 6 heteroatoms. The molecule has 0 aromatic rings. The third-order valence-electron chi connectivity index (χ3n) is 9.55. The Kier molecular flexibility index (Phi) is 5.91. The van der Waals surface area contributed by atoms with E-state index in [1.54, 1.807) is 6.92 Å². The summed E-state index contributed by atoms with van der Waals surface area (Å²) in [5.41, 5.74) is -0.482. The molecule has 1 N–H and O–H groups in total. The zero-order chi connectivity index (χ0) is 22.6. The van der Waals surface area contributed by atoms with Crippen LogP contribution in [0.15, 0.2) is 0 Å². The number of fused-ring (bicyclic) bond motifs is 5. The van der Waals surface area contributed by atoms with Crippen LogP contribution in [-0.4, -0.2) is 41.1 Å². The van der Waals surface area contributed by atoms with E-state index in [1.807, 2.05) is 0 Å². The Labute approximate surface area is 184 Å². The normalized spacial score (nSPS) is 44.1. The second-order valence-corrected chi connectivity index (χ2v) is 11.0. The van der Waals surface area contributed by atoms with Gasteiger partial charge in [0.05, 0.1) is 19.1 Å². The SMILES string of the molecule is CCOC(=O)C(=O)CC(=O)[C@H]1CC[C@H]2[C@@H]3CC[C@@H]4C[C@H](O)CC[C@]4(C)[C@H]3C(=O)C[C@]12C. The van der Waals surface area contributed by atoms with Crippen molar-refractivity contribution in [2.75, 3.05) is 6.61 Å². The van der Waals surface area contributed by atoms with Gasteiger partial charge in [-0.3, -0.25) is 14.4 Å². The molecule has 0 bridgehead atoms. The molecule has 0 saturated heterocycles. The fourth-order valence-electron chi connectivity index (χ4n) is 8.14. The number of hydrogen-bond donors (Lipinski definition) is 1. The fourth-order valence-corrected chi connectivity index (χ4v) is 8.14. The standard InChI is InChI=1S/C25H36O6/c1-4-31-23(30)20(28)12-19(27)18-8-7-17-16-6-5-14-11-15(26)9-10-24(14,2)22(16)21(29)13-25(17,18)3/h14-18,22,26H,4-13H2,1-3H3/t14-,15-,16+,17+,18-,22-,24+,25+/m1/s1. The van der Waals surface area contributed by atoms with Crippen LogP contribution < -0.4 is 0 Å². The molecule has 0 amide bonds. The molecular weight excluding hydrogens is 396 g/mol. The largest absolute Gasteiger partial charge is 0.460 e. The number of hydrogen-bond acceptors (Lipinski definition) is 6. The number of carbonyl (C=O) groups excluding carboxylic acids is 4. The Balaban J connectivity index is 1.54. The predicted octanol–water partition coefficient (Wildman–Crippen LogP) is 3.28. The second kappa shape index (κ2) is 8.09. The highest BCUT2D eigenvalue weighted by molar-refractivity contribution is 6.37. The third kappa shape index (κ3) is 3.59. The molecule has 0 aromatic heterocycles. The van der Waals surface area contributed by atoms with Gasteiger partial charge in [0.25, 0.3) is 0 Å². The van der Waals surface area contributed by atoms with E-state index < -0.39 is 23.6 Å². The van der Waals surface area contributed by atoms with Crippen molar-refractivity contribution in [1.82, 2.24) is 0 Å². The van der Waals surface area contributed by atoms with E-state index in [9.17, 15) is 24.3 Å². The van der Waals surface area contributed by atoms with Crippen molar-refractivity contribution in [3.05, 3.63) is 0 Å². The predicted molar refractivity (Wildman–Crippen MR) is 113 cm³/mol. The average molecular weight is 433 g/mol. The summed E-state index contributed by atoms with van der Waals surface area (Å²) in [4.78, 5) is 50.4. The molecule has 4 rings (SSSR count). The first kappa shape index (κ1) is 22.6. The lowest BCUT2D eigenvalue weighted by molar-refractivity contribution is -0.163. The molecule has 0 aliphatic heterocycles. The molecule has 4 aliphatic carbocycles. The summed E-state index contributed by atoms with van der Waals surface area (Å²) < 4.78 is 4.74. The number of carbonyl (C=O) groups is 4. The van der Waals surface area contributed by atoms with Crippen LogP contribution in [0.3, 0.4) is 0 Å². The van der Waals surface area contributed by atoms with Crippen LogP contribution in [0.1, 0.15) is 78.6 Å². The maximum Gasteiger partial charge on any atom is 0.375 e. The van der Waals surface area contributed by atoms with Gasteiger partial charge in [-0.05, 0) is 80.5 Å². The molecule has 0 spiro atoms. The summed E-state index contributed by atoms with van der Waals surface area (Å²) in [6.07, 6.45) is 5.77. The Morgan fingerprint density at radius 1 is 1.06 bits per heavy atom. The lowest BCUT2D eigenvalue weighted by Gasteiger charge is -2.59. The molecule has 0 radical (unpaired) electrons. The molecule has 172 valence electrons. The molecule has 4 saturated carbocycles. The number of rotatable bonds is 5. The molecule has 0 heterocycles. The number of aliphatic hydroxyl groups excluding tert-OH is 1. The Morgan fingerprint density at radius 3 is 2.52 bits per heavy atom. The zero-order valence-corrected chi connectivity index (χ0v) is 19.0. The van der Waals surface area contributed by atoms with Crippen molar-refractivity contribution in [2.45, 2.75) is 84.7 Å². The van der Waals surface area contributed by atoms with E-state index in [0.29, 0.717) is 24.7 Å². The Bertz CT molecular complexity index is 789. The topological polar surface area (TPSA) is 97.7 Å². The van der Waals surface area contributed by atoms with Crippen molar-refractivity contribution < 1.29 is 29.0 Å². The summed E-state index contributed by atoms with van der Waals surface area (Å²) >= 11 is 0. The van der Waals surface area contributed by atoms with Gasteiger partial charge in [-0.1, -0.05) is 13.8 Å². The highest BCUT2D eigenvalue weighted by Gasteiger charge is 2.64. The molecule has 4 aliphatic rings. The molecule has 0 unspecified atom stereocenters. The monoisotopic (exact) mass is 432 g/mol. The zero-order valence-electron chi connectivity index (χ0n) is 19.0. The molecular formula is C25H36O6. The third-order valence-corrected chi connectivity index (χ3v) is 9.55. The molecule has 31 heavy (non-hydrogen) atoms. The average Bonchev–Trinajstić information content (AvgIpc) is 3.05. The van der Waals surface area contributed by atoms with Gasteiger partial charge in [-0.2, -0.15) is 0 Å². The Morgan fingerprint density at radius 2 is 1.81 bits per heavy atom. The summed E-state index contributed by atoms with van der Waals surface area (Å²) in [6, 6.07) is 0. The van der Waals surface area contributed by atoms with Crippen molar-refractivity contribution in [3.63, 3.8) is 0 Å². The molecule has 8 atom stereocenters. The minimum Gasteiger partial charge on any atom is -0.460 e. The lowest BCUT2D eigenvalue weighted by Crippen LogP contribution is -2.58. The number of ether oxygens (including phenoxy) is 1. The van der Waals surface area contributed by atoms with Crippen molar-refractivity contribution in [3.8, 4) is 0 Å². The number of aliphatic hydroxyl groups is 1. The second-order valence-electron chi connectivity index (χ2n) is 11.0. The minimum atomic E-state index is -0.943. The summed E-state index contributed by atoms with van der Waals surface area (Å²) in [6.45, 7) is 6.06. The maximum atomic E-state index is 13.6. The first-order valence-electron chi connectivity index (χ1n) is 12.0. The van der Waals surface area contributed by atoms with E-state index in [2.05, 4.69) is 13.8 Å². The van der Waals surface area contributed by atoms with Crippen LogP contribution >= 0.6 is 0 Å². The number of ketones is 3. The number of Topliss-reactive ketones (excluding diaryl/α,β-unsaturated/α-hetero) is 3. The van der Waals surface area contributed by atoms with Gasteiger partial charge in [0, 0.05) is 18.3 Å². The summed E-state index contributed by atoms with van der Waals surface area (Å²) in [5.74, 6) is -1.03.